The van der Waals surface area contributed by atoms with Crippen LogP contribution in [0, 0.1) is 13.8 Å². The van der Waals surface area contributed by atoms with Crippen molar-refractivity contribution < 1.29 is 9.84 Å². The lowest BCUT2D eigenvalue weighted by Gasteiger charge is -2.37. The summed E-state index contributed by atoms with van der Waals surface area (Å²) >= 11 is 3.47. The number of fused-ring (bicyclic) bond motifs is 2. The maximum atomic E-state index is 11.9. The van der Waals surface area contributed by atoms with Crippen LogP contribution in [0.2, 0.25) is 0 Å². The average molecular weight is 381 g/mol. The van der Waals surface area contributed by atoms with Crippen LogP contribution in [-0.2, 0) is 5.60 Å². The van der Waals surface area contributed by atoms with Crippen molar-refractivity contribution in [1.29, 1.82) is 0 Å². The second-order valence-corrected chi connectivity index (χ2v) is 7.23. The maximum Gasteiger partial charge on any atom is 0.147 e. The van der Waals surface area contributed by atoms with Crippen molar-refractivity contribution in [2.45, 2.75) is 19.4 Å². The molecule has 0 fully saturated rings. The molecule has 0 amide bonds. The first-order chi connectivity index (χ1) is 11.5. The molecule has 1 N–H and O–H groups in total. The first-order valence-corrected chi connectivity index (χ1v) is 8.66. The van der Waals surface area contributed by atoms with Gasteiger partial charge >= 0.3 is 0 Å². The molecule has 3 aromatic carbocycles. The number of hydrogen-bond acceptors (Lipinski definition) is 2. The second kappa shape index (κ2) is 5.47. The third kappa shape index (κ3) is 2.27. The smallest absolute Gasteiger partial charge is 0.147 e. The summed E-state index contributed by atoms with van der Waals surface area (Å²) in [7, 11) is 0. The number of aryl methyl sites for hydroxylation is 2. The molecule has 4 rings (SSSR count). The van der Waals surface area contributed by atoms with Gasteiger partial charge in [-0.05, 0) is 55.8 Å². The normalized spacial score (nSPS) is 14.5. The summed E-state index contributed by atoms with van der Waals surface area (Å²) in [5.74, 6) is 1.39. The minimum Gasteiger partial charge on any atom is -0.457 e. The van der Waals surface area contributed by atoms with Crippen molar-refractivity contribution >= 4 is 15.9 Å². The van der Waals surface area contributed by atoms with E-state index < -0.39 is 5.60 Å². The van der Waals surface area contributed by atoms with Gasteiger partial charge in [0.25, 0.3) is 0 Å². The van der Waals surface area contributed by atoms with E-state index in [-0.39, 0.29) is 0 Å². The maximum absolute atomic E-state index is 11.9. The van der Waals surface area contributed by atoms with E-state index in [1.54, 1.807) is 0 Å². The van der Waals surface area contributed by atoms with Gasteiger partial charge < -0.3 is 9.84 Å². The molecule has 0 saturated carbocycles. The summed E-state index contributed by atoms with van der Waals surface area (Å²) in [6, 6.07) is 19.7. The zero-order valence-electron chi connectivity index (χ0n) is 13.5. The van der Waals surface area contributed by atoms with Crippen LogP contribution in [0.4, 0.5) is 0 Å². The van der Waals surface area contributed by atoms with Crippen molar-refractivity contribution in [2.24, 2.45) is 0 Å². The Morgan fingerprint density at radius 1 is 0.792 bits per heavy atom. The standard InChI is InChI=1S/C21H17BrO2/c1-13-3-9-19-17(11-13)21(23,15-5-7-16(22)8-6-15)18-12-14(2)4-10-20(18)24-19/h3-12,23H,1-2H3. The van der Waals surface area contributed by atoms with E-state index in [2.05, 4.69) is 15.9 Å². The first-order valence-electron chi connectivity index (χ1n) is 7.87. The molecule has 0 bridgehead atoms. The Balaban J connectivity index is 2.06. The van der Waals surface area contributed by atoms with Crippen LogP contribution >= 0.6 is 15.9 Å². The quantitative estimate of drug-likeness (QED) is 0.607. The van der Waals surface area contributed by atoms with E-state index in [4.69, 9.17) is 4.74 Å². The zero-order chi connectivity index (χ0) is 16.9. The van der Waals surface area contributed by atoms with Crippen LogP contribution < -0.4 is 4.74 Å². The Labute approximate surface area is 149 Å². The number of ether oxygens (including phenoxy) is 1. The van der Waals surface area contributed by atoms with Crippen molar-refractivity contribution in [3.8, 4) is 11.5 Å². The molecule has 1 heterocycles. The highest BCUT2D eigenvalue weighted by Gasteiger charge is 2.42. The molecule has 0 unspecified atom stereocenters. The lowest BCUT2D eigenvalue weighted by molar-refractivity contribution is 0.112. The number of rotatable bonds is 1. The van der Waals surface area contributed by atoms with Crippen LogP contribution in [0.3, 0.4) is 0 Å². The number of halogens is 1. The predicted molar refractivity (Wildman–Crippen MR) is 98.7 cm³/mol. The van der Waals surface area contributed by atoms with Gasteiger partial charge in [0.1, 0.15) is 17.1 Å². The zero-order valence-corrected chi connectivity index (χ0v) is 15.1. The second-order valence-electron chi connectivity index (χ2n) is 6.32. The summed E-state index contributed by atoms with van der Waals surface area (Å²) in [6.07, 6.45) is 0. The topological polar surface area (TPSA) is 29.5 Å². The molecular formula is C21H17BrO2. The molecule has 0 spiro atoms. The van der Waals surface area contributed by atoms with Gasteiger partial charge in [0.15, 0.2) is 0 Å². The predicted octanol–water partition coefficient (Wildman–Crippen LogP) is 5.46. The van der Waals surface area contributed by atoms with Gasteiger partial charge in [0, 0.05) is 15.6 Å². The molecule has 120 valence electrons. The molecule has 0 aliphatic carbocycles. The van der Waals surface area contributed by atoms with Gasteiger partial charge in [-0.1, -0.05) is 51.3 Å². The molecule has 3 aromatic rings. The molecule has 0 radical (unpaired) electrons. The van der Waals surface area contributed by atoms with Gasteiger partial charge in [0.2, 0.25) is 0 Å². The monoisotopic (exact) mass is 380 g/mol. The van der Waals surface area contributed by atoms with Crippen LogP contribution in [0.25, 0.3) is 0 Å². The van der Waals surface area contributed by atoms with E-state index in [9.17, 15) is 5.11 Å². The van der Waals surface area contributed by atoms with Crippen LogP contribution in [0.1, 0.15) is 27.8 Å². The molecule has 1 aliphatic heterocycles. The number of benzene rings is 3. The third-order valence-electron chi connectivity index (χ3n) is 4.53. The summed E-state index contributed by atoms with van der Waals surface area (Å²) in [5.41, 5.74) is 3.33. The molecule has 3 heteroatoms. The van der Waals surface area contributed by atoms with Crippen LogP contribution in [-0.4, -0.2) is 5.11 Å². The lowest BCUT2D eigenvalue weighted by atomic mass is 9.77. The Bertz CT molecular complexity index is 878. The summed E-state index contributed by atoms with van der Waals surface area (Å²) < 4.78 is 7.04. The van der Waals surface area contributed by atoms with Gasteiger partial charge in [-0.2, -0.15) is 0 Å². The number of hydrogen-bond donors (Lipinski definition) is 1. The van der Waals surface area contributed by atoms with Crippen molar-refractivity contribution in [1.82, 2.24) is 0 Å². The SMILES string of the molecule is Cc1ccc2c(c1)C(O)(c1ccc(Br)cc1)c1cc(C)ccc1O2. The highest BCUT2D eigenvalue weighted by molar-refractivity contribution is 9.10. The molecule has 0 saturated heterocycles. The van der Waals surface area contributed by atoms with Gasteiger partial charge in [-0.15, -0.1) is 0 Å². The molecule has 0 atom stereocenters. The third-order valence-corrected chi connectivity index (χ3v) is 5.06. The fourth-order valence-electron chi connectivity index (χ4n) is 3.30. The van der Waals surface area contributed by atoms with Crippen LogP contribution in [0.5, 0.6) is 11.5 Å². The Morgan fingerprint density at radius 2 is 1.29 bits per heavy atom. The fraction of sp³-hybridized carbons (Fsp3) is 0.143. The molecular weight excluding hydrogens is 364 g/mol. The minimum absolute atomic E-state index is 0.697. The molecule has 2 nitrogen and oxygen atoms in total. The molecule has 24 heavy (non-hydrogen) atoms. The van der Waals surface area contributed by atoms with Crippen molar-refractivity contribution in [3.63, 3.8) is 0 Å². The lowest BCUT2D eigenvalue weighted by Crippen LogP contribution is -2.32. The molecule has 1 aliphatic rings. The fourth-order valence-corrected chi connectivity index (χ4v) is 3.56. The van der Waals surface area contributed by atoms with Gasteiger partial charge in [-0.3, -0.25) is 0 Å². The van der Waals surface area contributed by atoms with Gasteiger partial charge in [0.05, 0.1) is 0 Å². The van der Waals surface area contributed by atoms with E-state index in [1.165, 1.54) is 0 Å². The van der Waals surface area contributed by atoms with E-state index >= 15 is 0 Å². The summed E-state index contributed by atoms with van der Waals surface area (Å²) in [6.45, 7) is 4.04. The van der Waals surface area contributed by atoms with Crippen molar-refractivity contribution in [2.75, 3.05) is 0 Å². The minimum atomic E-state index is -1.23. The molecule has 0 aromatic heterocycles. The highest BCUT2D eigenvalue weighted by atomic mass is 79.9. The first kappa shape index (κ1) is 15.4. The Morgan fingerprint density at radius 3 is 1.79 bits per heavy atom. The highest BCUT2D eigenvalue weighted by Crippen LogP contribution is 2.50. The van der Waals surface area contributed by atoms with E-state index in [0.29, 0.717) is 11.5 Å². The Hall–Kier alpha value is -2.10. The van der Waals surface area contributed by atoms with Gasteiger partial charge in [-0.25, -0.2) is 0 Å². The number of aliphatic hydroxyl groups is 1. The van der Waals surface area contributed by atoms with Crippen molar-refractivity contribution in [3.05, 3.63) is 93.0 Å². The van der Waals surface area contributed by atoms with E-state index in [1.807, 2.05) is 74.5 Å². The Kier molecular flexibility index (Phi) is 3.52. The largest absolute Gasteiger partial charge is 0.457 e. The van der Waals surface area contributed by atoms with E-state index in [0.717, 1.165) is 32.3 Å². The average Bonchev–Trinajstić information content (AvgIpc) is 2.57. The summed E-state index contributed by atoms with van der Waals surface area (Å²) in [5, 5.41) is 11.9. The summed E-state index contributed by atoms with van der Waals surface area (Å²) in [4.78, 5) is 0. The van der Waals surface area contributed by atoms with Crippen LogP contribution in [0.15, 0.2) is 65.1 Å².